The lowest BCUT2D eigenvalue weighted by Crippen LogP contribution is -2.28. The number of nitrogens with zero attached hydrogens (tertiary/aromatic N) is 1. The van der Waals surface area contributed by atoms with Crippen LogP contribution < -0.4 is 10.6 Å². The van der Waals surface area contributed by atoms with Crippen molar-refractivity contribution >= 4 is 33.1 Å². The molecular formula is C17H13F4N3OS. The Morgan fingerprint density at radius 3 is 2.69 bits per heavy atom. The molecule has 136 valence electrons. The van der Waals surface area contributed by atoms with E-state index in [1.807, 2.05) is 0 Å². The summed E-state index contributed by atoms with van der Waals surface area (Å²) >= 11 is 1.15. The molecular weight excluding hydrogens is 370 g/mol. The van der Waals surface area contributed by atoms with Gasteiger partial charge in [-0.05, 0) is 30.3 Å². The molecule has 0 aliphatic heterocycles. The van der Waals surface area contributed by atoms with Crippen molar-refractivity contribution in [2.45, 2.75) is 6.18 Å². The lowest BCUT2D eigenvalue weighted by molar-refractivity contribution is -0.137. The third-order valence-corrected chi connectivity index (χ3v) is 4.65. The van der Waals surface area contributed by atoms with E-state index in [0.717, 1.165) is 17.4 Å². The largest absolute Gasteiger partial charge is 0.419 e. The molecule has 4 nitrogen and oxygen atoms in total. The molecule has 2 aromatic heterocycles. The molecule has 2 N–H and O–H groups in total. The van der Waals surface area contributed by atoms with Crippen LogP contribution in [0.5, 0.6) is 0 Å². The maximum absolute atomic E-state index is 13.7. The fraction of sp³-hybridized carbons (Fsp3) is 0.176. The van der Waals surface area contributed by atoms with Gasteiger partial charge in [0.15, 0.2) is 0 Å². The second kappa shape index (κ2) is 7.28. The number of hydrogen-bond donors (Lipinski definition) is 2. The number of anilines is 1. The van der Waals surface area contributed by atoms with Crippen molar-refractivity contribution in [1.82, 2.24) is 10.3 Å². The molecule has 0 aliphatic rings. The van der Waals surface area contributed by atoms with Crippen molar-refractivity contribution in [2.75, 3.05) is 18.4 Å². The molecule has 1 amide bonds. The minimum Gasteiger partial charge on any atom is -0.368 e. The number of alkyl halides is 3. The van der Waals surface area contributed by atoms with Gasteiger partial charge in [-0.15, -0.1) is 11.3 Å². The summed E-state index contributed by atoms with van der Waals surface area (Å²) in [5.41, 5.74) is -0.869. The first-order valence-corrected chi connectivity index (χ1v) is 8.40. The third-order valence-electron chi connectivity index (χ3n) is 3.55. The van der Waals surface area contributed by atoms with Crippen LogP contribution in [0.15, 0.2) is 42.6 Å². The van der Waals surface area contributed by atoms with Crippen molar-refractivity contribution in [2.24, 2.45) is 0 Å². The number of carbonyl (C=O) groups excluding carboxylic acids is 1. The zero-order chi connectivity index (χ0) is 18.7. The lowest BCUT2D eigenvalue weighted by atomic mass is 10.2. The Labute approximate surface area is 149 Å². The molecule has 0 radical (unpaired) electrons. The highest BCUT2D eigenvalue weighted by atomic mass is 32.1. The molecule has 3 rings (SSSR count). The number of thiophene rings is 1. The highest BCUT2D eigenvalue weighted by molar-refractivity contribution is 7.20. The molecule has 0 atom stereocenters. The smallest absolute Gasteiger partial charge is 0.368 e. The number of halogens is 4. The van der Waals surface area contributed by atoms with Gasteiger partial charge in [0, 0.05) is 29.4 Å². The van der Waals surface area contributed by atoms with Crippen LogP contribution in [0.1, 0.15) is 15.2 Å². The lowest BCUT2D eigenvalue weighted by Gasteiger charge is -2.13. The van der Waals surface area contributed by atoms with E-state index in [1.54, 1.807) is 12.1 Å². The van der Waals surface area contributed by atoms with Crippen molar-refractivity contribution in [1.29, 1.82) is 0 Å². The minimum absolute atomic E-state index is 0.0606. The van der Waals surface area contributed by atoms with E-state index >= 15 is 0 Å². The second-order valence-corrected chi connectivity index (χ2v) is 6.43. The first-order chi connectivity index (χ1) is 12.4. The van der Waals surface area contributed by atoms with Crippen LogP contribution in [0, 0.1) is 5.82 Å². The van der Waals surface area contributed by atoms with Crippen molar-refractivity contribution < 1.29 is 22.4 Å². The van der Waals surface area contributed by atoms with E-state index in [-0.39, 0.29) is 18.9 Å². The summed E-state index contributed by atoms with van der Waals surface area (Å²) in [6.45, 7) is 0.147. The number of pyridine rings is 1. The van der Waals surface area contributed by atoms with Gasteiger partial charge in [0.2, 0.25) is 0 Å². The third kappa shape index (κ3) is 3.93. The van der Waals surface area contributed by atoms with Crippen LogP contribution in [0.2, 0.25) is 0 Å². The zero-order valence-electron chi connectivity index (χ0n) is 13.2. The standard InChI is InChI=1S/C17H13F4N3OS/c18-12-4-1-5-13-10(12)9-14(26-13)16(25)24-8-7-23-15-11(17(19,20)21)3-2-6-22-15/h1-6,9H,7-8H2,(H,22,23)(H,24,25). The van der Waals surface area contributed by atoms with E-state index in [1.165, 1.54) is 24.4 Å². The van der Waals surface area contributed by atoms with E-state index < -0.39 is 23.5 Å². The quantitative estimate of drug-likeness (QED) is 0.510. The summed E-state index contributed by atoms with van der Waals surface area (Å²) in [6, 6.07) is 8.17. The molecule has 0 unspecified atom stereocenters. The fourth-order valence-corrected chi connectivity index (χ4v) is 3.35. The van der Waals surface area contributed by atoms with Gasteiger partial charge in [0.1, 0.15) is 11.6 Å². The SMILES string of the molecule is O=C(NCCNc1ncccc1C(F)(F)F)c1cc2c(F)cccc2s1. The maximum Gasteiger partial charge on any atom is 0.419 e. The molecule has 0 spiro atoms. The van der Waals surface area contributed by atoms with Gasteiger partial charge in [0.25, 0.3) is 5.91 Å². The van der Waals surface area contributed by atoms with Crippen LogP contribution in [0.25, 0.3) is 10.1 Å². The molecule has 0 saturated heterocycles. The second-order valence-electron chi connectivity index (χ2n) is 5.34. The topological polar surface area (TPSA) is 54.0 Å². The summed E-state index contributed by atoms with van der Waals surface area (Å²) in [5.74, 6) is -1.11. The van der Waals surface area contributed by atoms with E-state index in [4.69, 9.17) is 0 Å². The molecule has 0 aliphatic carbocycles. The van der Waals surface area contributed by atoms with Crippen LogP contribution in [0.4, 0.5) is 23.4 Å². The number of amides is 1. The number of nitrogens with one attached hydrogen (secondary N) is 2. The molecule has 3 aromatic rings. The average molecular weight is 383 g/mol. The zero-order valence-corrected chi connectivity index (χ0v) is 14.0. The number of carbonyl (C=O) groups is 1. The number of aromatic nitrogens is 1. The number of fused-ring (bicyclic) bond motifs is 1. The predicted molar refractivity (Wildman–Crippen MR) is 91.8 cm³/mol. The van der Waals surface area contributed by atoms with E-state index in [0.29, 0.717) is 15.0 Å². The summed E-state index contributed by atoms with van der Waals surface area (Å²) in [6.07, 6.45) is -3.26. The van der Waals surface area contributed by atoms with Gasteiger partial charge in [-0.1, -0.05) is 6.07 Å². The Morgan fingerprint density at radius 1 is 1.15 bits per heavy atom. The Hall–Kier alpha value is -2.68. The molecule has 0 fully saturated rings. The summed E-state index contributed by atoms with van der Waals surface area (Å²) < 4.78 is 52.9. The molecule has 2 heterocycles. The summed E-state index contributed by atoms with van der Waals surface area (Å²) in [4.78, 5) is 16.1. The predicted octanol–water partition coefficient (Wildman–Crippen LogP) is 4.30. The van der Waals surface area contributed by atoms with E-state index in [2.05, 4.69) is 15.6 Å². The van der Waals surface area contributed by atoms with Gasteiger partial charge < -0.3 is 10.6 Å². The Morgan fingerprint density at radius 2 is 1.96 bits per heavy atom. The maximum atomic E-state index is 13.7. The fourth-order valence-electron chi connectivity index (χ4n) is 2.36. The molecule has 1 aromatic carbocycles. The summed E-state index contributed by atoms with van der Waals surface area (Å²) in [5, 5.41) is 5.51. The van der Waals surface area contributed by atoms with Crippen LogP contribution >= 0.6 is 11.3 Å². The Kier molecular flexibility index (Phi) is 5.08. The van der Waals surface area contributed by atoms with Gasteiger partial charge >= 0.3 is 6.18 Å². The molecule has 0 bridgehead atoms. The first-order valence-electron chi connectivity index (χ1n) is 7.58. The van der Waals surface area contributed by atoms with Crippen LogP contribution in [0.3, 0.4) is 0 Å². The monoisotopic (exact) mass is 383 g/mol. The molecule has 0 saturated carbocycles. The van der Waals surface area contributed by atoms with Gasteiger partial charge in [-0.2, -0.15) is 13.2 Å². The van der Waals surface area contributed by atoms with Crippen LogP contribution in [-0.4, -0.2) is 24.0 Å². The van der Waals surface area contributed by atoms with Crippen LogP contribution in [-0.2, 0) is 6.18 Å². The van der Waals surface area contributed by atoms with Crippen molar-refractivity contribution in [3.63, 3.8) is 0 Å². The normalized spacial score (nSPS) is 11.5. The van der Waals surface area contributed by atoms with Gasteiger partial charge in [0.05, 0.1) is 10.4 Å². The highest BCUT2D eigenvalue weighted by Crippen LogP contribution is 2.33. The Balaban J connectivity index is 1.58. The van der Waals surface area contributed by atoms with Crippen molar-refractivity contribution in [3.05, 3.63) is 58.9 Å². The van der Waals surface area contributed by atoms with Crippen molar-refractivity contribution in [3.8, 4) is 0 Å². The number of benzene rings is 1. The first kappa shape index (κ1) is 18.1. The van der Waals surface area contributed by atoms with E-state index in [9.17, 15) is 22.4 Å². The Bertz CT molecular complexity index is 939. The minimum atomic E-state index is -4.51. The van der Waals surface area contributed by atoms with Gasteiger partial charge in [-0.3, -0.25) is 4.79 Å². The van der Waals surface area contributed by atoms with Gasteiger partial charge in [-0.25, -0.2) is 9.37 Å². The molecule has 9 heteroatoms. The highest BCUT2D eigenvalue weighted by Gasteiger charge is 2.33. The average Bonchev–Trinajstić information content (AvgIpc) is 3.04. The number of hydrogen-bond acceptors (Lipinski definition) is 4. The number of rotatable bonds is 5. The summed E-state index contributed by atoms with van der Waals surface area (Å²) in [7, 11) is 0. The molecule has 26 heavy (non-hydrogen) atoms.